The van der Waals surface area contributed by atoms with Gasteiger partial charge in [-0.1, -0.05) is 90.8 Å². The van der Waals surface area contributed by atoms with Crippen LogP contribution in [0.4, 0.5) is 5.69 Å². The number of hydrogen-bond acceptors (Lipinski definition) is 4. The molecule has 1 N–H and O–H groups in total. The van der Waals surface area contributed by atoms with E-state index in [0.29, 0.717) is 28.6 Å². The van der Waals surface area contributed by atoms with Gasteiger partial charge in [0.05, 0.1) is 10.6 Å². The Morgan fingerprint density at radius 1 is 0.791 bits per heavy atom. The first-order valence-corrected chi connectivity index (χ1v) is 16.1. The van der Waals surface area contributed by atoms with Crippen LogP contribution in [0.25, 0.3) is 0 Å². The van der Waals surface area contributed by atoms with Crippen molar-refractivity contribution < 1.29 is 18.0 Å². The second-order valence-electron chi connectivity index (χ2n) is 9.95. The number of benzene rings is 4. The highest BCUT2D eigenvalue weighted by atomic mass is 35.5. The molecule has 0 heterocycles. The monoisotopic (exact) mass is 637 g/mol. The number of carbonyl (C=O) groups is 2. The van der Waals surface area contributed by atoms with Crippen LogP contribution >= 0.6 is 23.2 Å². The van der Waals surface area contributed by atoms with Crippen LogP contribution in [0.5, 0.6) is 0 Å². The minimum Gasteiger partial charge on any atom is -0.354 e. The zero-order valence-electron chi connectivity index (χ0n) is 23.7. The van der Waals surface area contributed by atoms with Crippen molar-refractivity contribution >= 4 is 50.7 Å². The minimum atomic E-state index is -4.17. The lowest BCUT2D eigenvalue weighted by atomic mass is 10.0. The zero-order chi connectivity index (χ0) is 30.8. The van der Waals surface area contributed by atoms with Crippen molar-refractivity contribution in [1.29, 1.82) is 0 Å². The van der Waals surface area contributed by atoms with Gasteiger partial charge < -0.3 is 10.2 Å². The van der Waals surface area contributed by atoms with Gasteiger partial charge in [0.15, 0.2) is 0 Å². The van der Waals surface area contributed by atoms with Crippen LogP contribution in [0.3, 0.4) is 0 Å². The third-order valence-electron chi connectivity index (χ3n) is 6.79. The molecule has 4 aromatic rings. The summed E-state index contributed by atoms with van der Waals surface area (Å²) in [5.41, 5.74) is 1.82. The van der Waals surface area contributed by atoms with Crippen LogP contribution in [0.15, 0.2) is 114 Å². The minimum absolute atomic E-state index is 0.0284. The molecular weight excluding hydrogens is 605 g/mol. The summed E-state index contributed by atoms with van der Waals surface area (Å²) < 4.78 is 28.9. The van der Waals surface area contributed by atoms with Crippen LogP contribution in [-0.2, 0) is 32.6 Å². The number of carbonyl (C=O) groups excluding carboxylic acids is 2. The molecule has 0 fully saturated rings. The molecule has 0 aliphatic rings. The zero-order valence-corrected chi connectivity index (χ0v) is 26.0. The van der Waals surface area contributed by atoms with Gasteiger partial charge in [-0.3, -0.25) is 13.9 Å². The summed E-state index contributed by atoms with van der Waals surface area (Å²) in [4.78, 5) is 29.5. The van der Waals surface area contributed by atoms with Crippen molar-refractivity contribution in [2.75, 3.05) is 17.4 Å². The highest BCUT2D eigenvalue weighted by molar-refractivity contribution is 7.92. The van der Waals surface area contributed by atoms with Crippen molar-refractivity contribution in [3.05, 3.63) is 130 Å². The fourth-order valence-corrected chi connectivity index (χ4v) is 6.38. The maximum absolute atomic E-state index is 14.4. The van der Waals surface area contributed by atoms with E-state index in [4.69, 9.17) is 23.2 Å². The smallest absolute Gasteiger partial charge is 0.264 e. The Bertz CT molecular complexity index is 1620. The van der Waals surface area contributed by atoms with Gasteiger partial charge in [-0.25, -0.2) is 8.42 Å². The second-order valence-corrected chi connectivity index (χ2v) is 12.7. The van der Waals surface area contributed by atoms with E-state index in [1.807, 2.05) is 43.3 Å². The molecule has 0 saturated heterocycles. The maximum Gasteiger partial charge on any atom is 0.264 e. The van der Waals surface area contributed by atoms with Crippen LogP contribution in [0, 0.1) is 0 Å². The summed E-state index contributed by atoms with van der Waals surface area (Å²) in [5.74, 6) is -0.882. The molecule has 0 radical (unpaired) electrons. The number of amides is 2. The molecule has 4 aromatic carbocycles. The third-order valence-corrected chi connectivity index (χ3v) is 9.06. The average Bonchev–Trinajstić information content (AvgIpc) is 3.01. The Hall–Kier alpha value is -3.85. The van der Waals surface area contributed by atoms with Gasteiger partial charge in [0.1, 0.15) is 12.6 Å². The lowest BCUT2D eigenvalue weighted by Crippen LogP contribution is -2.53. The molecule has 1 atom stereocenters. The van der Waals surface area contributed by atoms with Gasteiger partial charge in [-0.2, -0.15) is 0 Å². The standard InChI is InChI=1S/C33H33Cl2N3O4S/c1-2-20-36-33(40)31(22-25-10-5-3-6-11-25)37(23-26-12-9-13-28(35)21-26)32(39)24-38(29-18-16-27(34)17-19-29)43(41,42)30-14-7-4-8-15-30/h3-19,21,31H,2,20,22-24H2,1H3,(H,36,40)/t31-/m0/s1. The molecular formula is C33H33Cl2N3O4S. The average molecular weight is 639 g/mol. The molecule has 0 aliphatic carbocycles. The van der Waals surface area contributed by atoms with Gasteiger partial charge in [-0.15, -0.1) is 0 Å². The van der Waals surface area contributed by atoms with Gasteiger partial charge in [0.2, 0.25) is 11.8 Å². The maximum atomic E-state index is 14.4. The molecule has 10 heteroatoms. The van der Waals surface area contributed by atoms with Crippen molar-refractivity contribution in [3.63, 3.8) is 0 Å². The van der Waals surface area contributed by atoms with E-state index in [1.165, 1.54) is 17.0 Å². The number of halogens is 2. The fraction of sp³-hybridized carbons (Fsp3) is 0.212. The van der Waals surface area contributed by atoms with Crippen molar-refractivity contribution in [3.8, 4) is 0 Å². The molecule has 2 amide bonds. The predicted octanol–water partition coefficient (Wildman–Crippen LogP) is 6.36. The van der Waals surface area contributed by atoms with E-state index >= 15 is 0 Å². The molecule has 0 bridgehead atoms. The predicted molar refractivity (Wildman–Crippen MR) is 172 cm³/mol. The van der Waals surface area contributed by atoms with Crippen LogP contribution < -0.4 is 9.62 Å². The first-order chi connectivity index (χ1) is 20.7. The van der Waals surface area contributed by atoms with Crippen LogP contribution in [-0.4, -0.2) is 44.3 Å². The van der Waals surface area contributed by atoms with Crippen LogP contribution in [0.2, 0.25) is 10.0 Å². The number of hydrogen-bond donors (Lipinski definition) is 1. The van der Waals surface area contributed by atoms with E-state index in [-0.39, 0.29) is 29.5 Å². The Balaban J connectivity index is 1.78. The molecule has 0 aliphatic heterocycles. The van der Waals surface area contributed by atoms with Crippen LogP contribution in [0.1, 0.15) is 24.5 Å². The fourth-order valence-electron chi connectivity index (χ4n) is 4.61. The molecule has 0 unspecified atom stereocenters. The Morgan fingerprint density at radius 2 is 1.42 bits per heavy atom. The highest BCUT2D eigenvalue weighted by Gasteiger charge is 2.34. The van der Waals surface area contributed by atoms with Gasteiger partial charge in [0.25, 0.3) is 10.0 Å². The van der Waals surface area contributed by atoms with E-state index in [9.17, 15) is 18.0 Å². The molecule has 0 spiro atoms. The molecule has 4 rings (SSSR count). The van der Waals surface area contributed by atoms with E-state index in [1.54, 1.807) is 60.7 Å². The number of sulfonamides is 1. The molecule has 0 aromatic heterocycles. The first-order valence-electron chi connectivity index (χ1n) is 13.9. The number of rotatable bonds is 13. The molecule has 224 valence electrons. The SMILES string of the molecule is CCCNC(=O)[C@H](Cc1ccccc1)N(Cc1cccc(Cl)c1)C(=O)CN(c1ccc(Cl)cc1)S(=O)(=O)c1ccccc1. The topological polar surface area (TPSA) is 86.8 Å². The summed E-state index contributed by atoms with van der Waals surface area (Å²) in [6.45, 7) is 1.87. The van der Waals surface area contributed by atoms with Crippen molar-refractivity contribution in [2.45, 2.75) is 37.2 Å². The summed E-state index contributed by atoms with van der Waals surface area (Å²) in [6.07, 6.45) is 0.945. The largest absolute Gasteiger partial charge is 0.354 e. The lowest BCUT2D eigenvalue weighted by molar-refractivity contribution is -0.140. The summed E-state index contributed by atoms with van der Waals surface area (Å²) >= 11 is 12.4. The van der Waals surface area contributed by atoms with E-state index in [2.05, 4.69) is 5.32 Å². The van der Waals surface area contributed by atoms with Gasteiger partial charge >= 0.3 is 0 Å². The molecule has 43 heavy (non-hydrogen) atoms. The first kappa shape index (κ1) is 32.1. The Morgan fingerprint density at radius 3 is 2.05 bits per heavy atom. The summed E-state index contributed by atoms with van der Waals surface area (Å²) in [6, 6.07) is 29.6. The quantitative estimate of drug-likeness (QED) is 0.185. The van der Waals surface area contributed by atoms with Gasteiger partial charge in [0, 0.05) is 29.6 Å². The summed E-state index contributed by atoms with van der Waals surface area (Å²) in [7, 11) is -4.17. The normalized spacial score (nSPS) is 11.9. The lowest BCUT2D eigenvalue weighted by Gasteiger charge is -2.34. The Labute approximate surface area is 263 Å². The van der Waals surface area contributed by atoms with Crippen molar-refractivity contribution in [1.82, 2.24) is 10.2 Å². The second kappa shape index (κ2) is 15.0. The Kier molecular flexibility index (Phi) is 11.2. The van der Waals surface area contributed by atoms with E-state index < -0.39 is 28.5 Å². The third kappa shape index (κ3) is 8.60. The number of nitrogens with zero attached hydrogens (tertiary/aromatic N) is 2. The van der Waals surface area contributed by atoms with Gasteiger partial charge in [-0.05, 0) is 66.1 Å². The number of nitrogens with one attached hydrogen (secondary N) is 1. The van der Waals surface area contributed by atoms with Crippen molar-refractivity contribution in [2.24, 2.45) is 0 Å². The summed E-state index contributed by atoms with van der Waals surface area (Å²) in [5, 5.41) is 3.83. The molecule has 7 nitrogen and oxygen atoms in total. The van der Waals surface area contributed by atoms with E-state index in [0.717, 1.165) is 9.87 Å². The number of anilines is 1. The highest BCUT2D eigenvalue weighted by Crippen LogP contribution is 2.26. The molecule has 0 saturated carbocycles.